The Morgan fingerprint density at radius 2 is 1.89 bits per heavy atom. The smallest absolute Gasteiger partial charge is 0.0289 e. The fourth-order valence-electron chi connectivity index (χ4n) is 4.52. The second-order valence-corrected chi connectivity index (χ2v) is 8.20. The van der Waals surface area contributed by atoms with Crippen molar-refractivity contribution in [1.29, 1.82) is 0 Å². The van der Waals surface area contributed by atoms with E-state index in [1.807, 2.05) is 0 Å². The molecule has 4 rings (SSSR count). The van der Waals surface area contributed by atoms with Crippen molar-refractivity contribution in [3.8, 4) is 23.0 Å². The Bertz CT molecular complexity index is 986. The number of fused-ring (bicyclic) bond motifs is 3. The van der Waals surface area contributed by atoms with Gasteiger partial charge in [0.05, 0.1) is 0 Å². The van der Waals surface area contributed by atoms with Gasteiger partial charge in [-0.15, -0.1) is 0 Å². The van der Waals surface area contributed by atoms with Crippen molar-refractivity contribution in [2.45, 2.75) is 58.3 Å². The molecular formula is C27H28. The highest BCUT2D eigenvalue weighted by atomic mass is 14.4. The van der Waals surface area contributed by atoms with Crippen LogP contribution in [0.3, 0.4) is 0 Å². The summed E-state index contributed by atoms with van der Waals surface area (Å²) in [6, 6.07) is 13.4. The number of hydrogen-bond acceptors (Lipinski definition) is 0. The largest absolute Gasteiger partial charge is 0.0979 e. The van der Waals surface area contributed by atoms with Crippen LogP contribution in [-0.4, -0.2) is 0 Å². The predicted octanol–water partition coefficient (Wildman–Crippen LogP) is 6.96. The van der Waals surface area contributed by atoms with Crippen LogP contribution in [0.2, 0.25) is 0 Å². The lowest BCUT2D eigenvalue weighted by Gasteiger charge is -2.31. The maximum absolute atomic E-state index is 3.54. The van der Waals surface area contributed by atoms with Gasteiger partial charge >= 0.3 is 0 Å². The Balaban J connectivity index is 1.86. The molecule has 0 aliphatic heterocycles. The second kappa shape index (κ2) is 7.24. The highest BCUT2D eigenvalue weighted by Crippen LogP contribution is 2.46. The van der Waals surface area contributed by atoms with Gasteiger partial charge in [0.15, 0.2) is 0 Å². The molecule has 0 aromatic heterocycles. The molecule has 2 aliphatic rings. The summed E-state index contributed by atoms with van der Waals surface area (Å²) in [5.41, 5.74) is 9.86. The summed E-state index contributed by atoms with van der Waals surface area (Å²) in [5.74, 6) is 6.97. The molecule has 0 spiro atoms. The second-order valence-electron chi connectivity index (χ2n) is 8.20. The van der Waals surface area contributed by atoms with Crippen LogP contribution in [0.5, 0.6) is 0 Å². The van der Waals surface area contributed by atoms with Crippen LogP contribution in [0.1, 0.15) is 68.7 Å². The first-order valence-corrected chi connectivity index (χ1v) is 10.2. The lowest BCUT2D eigenvalue weighted by atomic mass is 9.72. The fraction of sp³-hybridized carbons (Fsp3) is 0.333. The molecule has 0 unspecified atom stereocenters. The molecule has 0 fully saturated rings. The zero-order valence-corrected chi connectivity index (χ0v) is 16.7. The van der Waals surface area contributed by atoms with E-state index in [0.717, 1.165) is 19.3 Å². The quantitative estimate of drug-likeness (QED) is 0.351. The molecule has 27 heavy (non-hydrogen) atoms. The van der Waals surface area contributed by atoms with Crippen molar-refractivity contribution in [3.05, 3.63) is 82.5 Å². The molecule has 2 aromatic rings. The van der Waals surface area contributed by atoms with Gasteiger partial charge in [0, 0.05) is 17.4 Å². The van der Waals surface area contributed by atoms with E-state index in [0.29, 0.717) is 0 Å². The van der Waals surface area contributed by atoms with Gasteiger partial charge < -0.3 is 0 Å². The van der Waals surface area contributed by atoms with Gasteiger partial charge in [0.1, 0.15) is 0 Å². The Morgan fingerprint density at radius 1 is 1.04 bits per heavy atom. The van der Waals surface area contributed by atoms with Crippen molar-refractivity contribution in [2.24, 2.45) is 0 Å². The van der Waals surface area contributed by atoms with Gasteiger partial charge in [-0.3, -0.25) is 0 Å². The number of hydrogen-bond donors (Lipinski definition) is 0. The number of allylic oxidation sites excluding steroid dienone is 4. The van der Waals surface area contributed by atoms with E-state index < -0.39 is 0 Å². The third-order valence-electron chi connectivity index (χ3n) is 6.07. The molecule has 0 bridgehead atoms. The summed E-state index contributed by atoms with van der Waals surface area (Å²) in [6.07, 6.45) is 12.2. The average Bonchev–Trinajstić information content (AvgIpc) is 3.32. The molecule has 0 heterocycles. The molecule has 2 aliphatic carbocycles. The normalized spacial score (nSPS) is 14.4. The standard InChI is InChI=1S/C27H28/c1-4-5-6-7-12-20-17-18-24-23-16-11-8-13-21(23)19-25(24)26(20)27(2,3)22-14-9-10-15-22/h8-11,13-14,16-18H,4-6,15,19H2,1-3H3. The maximum Gasteiger partial charge on any atom is 0.0289 e. The third kappa shape index (κ3) is 3.17. The average molecular weight is 353 g/mol. The van der Waals surface area contributed by atoms with Gasteiger partial charge in [-0.05, 0) is 53.1 Å². The fourth-order valence-corrected chi connectivity index (χ4v) is 4.52. The number of rotatable bonds is 4. The Labute approximate surface area is 164 Å². The minimum absolute atomic E-state index is 0.00828. The van der Waals surface area contributed by atoms with Crippen molar-refractivity contribution >= 4 is 0 Å². The van der Waals surface area contributed by atoms with E-state index in [9.17, 15) is 0 Å². The van der Waals surface area contributed by atoms with E-state index in [1.165, 1.54) is 51.8 Å². The van der Waals surface area contributed by atoms with Crippen molar-refractivity contribution < 1.29 is 0 Å². The van der Waals surface area contributed by atoms with E-state index in [2.05, 4.69) is 87.2 Å². The van der Waals surface area contributed by atoms with Crippen LogP contribution in [0.25, 0.3) is 11.1 Å². The summed E-state index contributed by atoms with van der Waals surface area (Å²) < 4.78 is 0. The summed E-state index contributed by atoms with van der Waals surface area (Å²) in [6.45, 7) is 6.98. The van der Waals surface area contributed by atoms with Crippen LogP contribution in [0.15, 0.2) is 60.2 Å². The molecule has 0 saturated carbocycles. The topological polar surface area (TPSA) is 0 Å². The first-order valence-electron chi connectivity index (χ1n) is 10.2. The van der Waals surface area contributed by atoms with Gasteiger partial charge in [-0.25, -0.2) is 0 Å². The summed E-state index contributed by atoms with van der Waals surface area (Å²) in [4.78, 5) is 0. The van der Waals surface area contributed by atoms with Crippen molar-refractivity contribution in [3.63, 3.8) is 0 Å². The van der Waals surface area contributed by atoms with Crippen LogP contribution in [0, 0.1) is 11.8 Å². The Kier molecular flexibility index (Phi) is 4.79. The van der Waals surface area contributed by atoms with Gasteiger partial charge in [-0.1, -0.05) is 93.2 Å². The molecule has 0 amide bonds. The zero-order valence-electron chi connectivity index (χ0n) is 16.7. The lowest BCUT2D eigenvalue weighted by Crippen LogP contribution is -2.23. The number of unbranched alkanes of at least 4 members (excludes halogenated alkanes) is 2. The zero-order chi connectivity index (χ0) is 18.9. The minimum Gasteiger partial charge on any atom is -0.0979 e. The first kappa shape index (κ1) is 17.9. The van der Waals surface area contributed by atoms with Gasteiger partial charge in [0.2, 0.25) is 0 Å². The summed E-state index contributed by atoms with van der Waals surface area (Å²) >= 11 is 0. The lowest BCUT2D eigenvalue weighted by molar-refractivity contribution is 0.606. The molecule has 2 aromatic carbocycles. The van der Waals surface area contributed by atoms with Crippen LogP contribution in [0.4, 0.5) is 0 Å². The van der Waals surface area contributed by atoms with Gasteiger partial charge in [0.25, 0.3) is 0 Å². The number of benzene rings is 2. The molecule has 0 radical (unpaired) electrons. The van der Waals surface area contributed by atoms with Crippen molar-refractivity contribution in [2.75, 3.05) is 0 Å². The minimum atomic E-state index is -0.00828. The van der Waals surface area contributed by atoms with Crippen LogP contribution < -0.4 is 0 Å². The van der Waals surface area contributed by atoms with Crippen LogP contribution >= 0.6 is 0 Å². The molecule has 0 nitrogen and oxygen atoms in total. The van der Waals surface area contributed by atoms with E-state index >= 15 is 0 Å². The summed E-state index contributed by atoms with van der Waals surface area (Å²) in [7, 11) is 0. The Hall–Kier alpha value is -2.52. The molecular weight excluding hydrogens is 324 g/mol. The first-order chi connectivity index (χ1) is 13.1. The summed E-state index contributed by atoms with van der Waals surface area (Å²) in [5, 5.41) is 0. The van der Waals surface area contributed by atoms with Crippen LogP contribution in [-0.2, 0) is 11.8 Å². The predicted molar refractivity (Wildman–Crippen MR) is 116 cm³/mol. The highest BCUT2D eigenvalue weighted by Gasteiger charge is 2.33. The monoisotopic (exact) mass is 352 g/mol. The van der Waals surface area contributed by atoms with E-state index in [4.69, 9.17) is 0 Å². The SMILES string of the molecule is CCCCC#Cc1ccc2c(c1C(C)(C)C1=CC=CC1)Cc1ccccc1-2. The molecule has 0 saturated heterocycles. The maximum atomic E-state index is 3.54. The van der Waals surface area contributed by atoms with Gasteiger partial charge in [-0.2, -0.15) is 0 Å². The highest BCUT2D eigenvalue weighted by molar-refractivity contribution is 5.80. The van der Waals surface area contributed by atoms with E-state index in [1.54, 1.807) is 0 Å². The molecule has 0 atom stereocenters. The van der Waals surface area contributed by atoms with Crippen molar-refractivity contribution in [1.82, 2.24) is 0 Å². The molecule has 0 heteroatoms. The molecule has 136 valence electrons. The molecule has 0 N–H and O–H groups in total. The third-order valence-corrected chi connectivity index (χ3v) is 6.07. The Morgan fingerprint density at radius 3 is 2.67 bits per heavy atom. The van der Waals surface area contributed by atoms with E-state index in [-0.39, 0.29) is 5.41 Å².